The van der Waals surface area contributed by atoms with Gasteiger partial charge in [0, 0.05) is 24.5 Å². The number of hydrogen-bond donors (Lipinski definition) is 1. The van der Waals surface area contributed by atoms with Gasteiger partial charge in [0.15, 0.2) is 0 Å². The first-order valence-corrected chi connectivity index (χ1v) is 10.5. The predicted octanol–water partition coefficient (Wildman–Crippen LogP) is 3.95. The number of anilines is 1. The standard InChI is InChI=1S/C20H21N5OS2/c27-19-22-23-20(28-15-17-4-2-1-3-5-17)25(19)21-14-16-6-8-18(9-7-16)24-10-12-26-13-11-24/h1-9,14H,10-13,15H2,(H,22,27)/b21-14-. The average molecular weight is 412 g/mol. The van der Waals surface area contributed by atoms with Crippen LogP contribution in [0.3, 0.4) is 0 Å². The number of aromatic nitrogens is 3. The van der Waals surface area contributed by atoms with Crippen molar-refractivity contribution < 1.29 is 4.74 Å². The summed E-state index contributed by atoms with van der Waals surface area (Å²) in [6, 6.07) is 18.6. The molecule has 1 aliphatic rings. The fraction of sp³-hybridized carbons (Fsp3) is 0.250. The van der Waals surface area contributed by atoms with Crippen molar-refractivity contribution >= 4 is 35.9 Å². The highest BCUT2D eigenvalue weighted by Gasteiger charge is 2.10. The topological polar surface area (TPSA) is 58.4 Å². The Morgan fingerprint density at radius 1 is 1.11 bits per heavy atom. The lowest BCUT2D eigenvalue weighted by Crippen LogP contribution is -2.36. The summed E-state index contributed by atoms with van der Waals surface area (Å²) in [5.41, 5.74) is 3.45. The molecule has 4 rings (SSSR count). The first kappa shape index (κ1) is 18.9. The summed E-state index contributed by atoms with van der Waals surface area (Å²) >= 11 is 6.92. The number of hydrogen-bond acceptors (Lipinski definition) is 6. The maximum atomic E-state index is 5.41. The van der Waals surface area contributed by atoms with Crippen molar-refractivity contribution in [1.29, 1.82) is 0 Å². The first-order chi connectivity index (χ1) is 13.8. The molecule has 0 radical (unpaired) electrons. The van der Waals surface area contributed by atoms with Crippen molar-refractivity contribution in [3.8, 4) is 0 Å². The van der Waals surface area contributed by atoms with E-state index in [1.165, 1.54) is 11.3 Å². The highest BCUT2D eigenvalue weighted by atomic mass is 32.2. The zero-order valence-corrected chi connectivity index (χ0v) is 17.0. The van der Waals surface area contributed by atoms with Gasteiger partial charge in [-0.1, -0.05) is 54.2 Å². The molecule has 2 aromatic carbocycles. The summed E-state index contributed by atoms with van der Waals surface area (Å²) in [4.78, 5) is 2.33. The first-order valence-electron chi connectivity index (χ1n) is 9.11. The summed E-state index contributed by atoms with van der Waals surface area (Å²) in [7, 11) is 0. The Balaban J connectivity index is 1.44. The largest absolute Gasteiger partial charge is 0.378 e. The number of rotatable bonds is 6. The van der Waals surface area contributed by atoms with Crippen LogP contribution in [0.2, 0.25) is 0 Å². The summed E-state index contributed by atoms with van der Waals surface area (Å²) in [6.45, 7) is 3.43. The summed E-state index contributed by atoms with van der Waals surface area (Å²) in [5, 5.41) is 12.4. The third-order valence-electron chi connectivity index (χ3n) is 4.42. The molecule has 3 aromatic rings. The van der Waals surface area contributed by atoms with Crippen LogP contribution in [0.1, 0.15) is 11.1 Å². The number of H-pyrrole nitrogens is 1. The molecule has 0 spiro atoms. The number of thioether (sulfide) groups is 1. The highest BCUT2D eigenvalue weighted by molar-refractivity contribution is 7.98. The van der Waals surface area contributed by atoms with Crippen LogP contribution in [0.4, 0.5) is 5.69 Å². The van der Waals surface area contributed by atoms with Gasteiger partial charge in [0.25, 0.3) is 0 Å². The van der Waals surface area contributed by atoms with Crippen LogP contribution in [-0.2, 0) is 10.5 Å². The van der Waals surface area contributed by atoms with Crippen LogP contribution in [-0.4, -0.2) is 47.4 Å². The molecule has 6 nitrogen and oxygen atoms in total. The normalized spacial score (nSPS) is 14.6. The predicted molar refractivity (Wildman–Crippen MR) is 116 cm³/mol. The van der Waals surface area contributed by atoms with E-state index in [1.807, 2.05) is 18.2 Å². The van der Waals surface area contributed by atoms with Gasteiger partial charge in [-0.25, -0.2) is 5.10 Å². The van der Waals surface area contributed by atoms with Gasteiger partial charge in [-0.15, -0.1) is 5.10 Å². The van der Waals surface area contributed by atoms with Crippen LogP contribution >= 0.6 is 24.0 Å². The van der Waals surface area contributed by atoms with Crippen LogP contribution in [0, 0.1) is 4.77 Å². The zero-order chi connectivity index (χ0) is 19.2. The average Bonchev–Trinajstić information content (AvgIpc) is 3.12. The molecular weight excluding hydrogens is 390 g/mol. The van der Waals surface area contributed by atoms with E-state index in [0.717, 1.165) is 42.8 Å². The van der Waals surface area contributed by atoms with Gasteiger partial charge in [0.1, 0.15) is 0 Å². The molecule has 0 saturated carbocycles. The molecule has 1 saturated heterocycles. The zero-order valence-electron chi connectivity index (χ0n) is 15.3. The monoisotopic (exact) mass is 411 g/mol. The van der Waals surface area contributed by atoms with Crippen LogP contribution in [0.15, 0.2) is 64.9 Å². The van der Waals surface area contributed by atoms with Crippen molar-refractivity contribution in [3.05, 3.63) is 70.5 Å². The minimum Gasteiger partial charge on any atom is -0.378 e. The van der Waals surface area contributed by atoms with E-state index in [-0.39, 0.29) is 0 Å². The lowest BCUT2D eigenvalue weighted by molar-refractivity contribution is 0.122. The van der Waals surface area contributed by atoms with Gasteiger partial charge >= 0.3 is 0 Å². The molecule has 0 amide bonds. The lowest BCUT2D eigenvalue weighted by Gasteiger charge is -2.28. The van der Waals surface area contributed by atoms with Crippen molar-refractivity contribution in [3.63, 3.8) is 0 Å². The molecule has 1 aliphatic heterocycles. The fourth-order valence-corrected chi connectivity index (χ4v) is 4.01. The van der Waals surface area contributed by atoms with Gasteiger partial charge in [0.2, 0.25) is 9.93 Å². The Morgan fingerprint density at radius 3 is 2.61 bits per heavy atom. The van der Waals surface area contributed by atoms with Crippen LogP contribution < -0.4 is 4.90 Å². The quantitative estimate of drug-likeness (QED) is 0.378. The Kier molecular flexibility index (Phi) is 6.20. The molecule has 28 heavy (non-hydrogen) atoms. The van der Waals surface area contributed by atoms with Crippen molar-refractivity contribution in [2.24, 2.45) is 5.10 Å². The molecule has 144 valence electrons. The SMILES string of the molecule is S=c1[nH]nc(SCc2ccccc2)n1/N=C\c1ccc(N2CCOCC2)cc1. The van der Waals surface area contributed by atoms with E-state index < -0.39 is 0 Å². The lowest BCUT2D eigenvalue weighted by atomic mass is 10.2. The molecule has 1 aromatic heterocycles. The number of ether oxygens (including phenoxy) is 1. The van der Waals surface area contributed by atoms with Gasteiger partial charge in [0.05, 0.1) is 19.4 Å². The molecule has 0 unspecified atom stereocenters. The molecule has 0 atom stereocenters. The van der Waals surface area contributed by atoms with Gasteiger partial charge < -0.3 is 9.64 Å². The Hall–Kier alpha value is -2.42. The van der Waals surface area contributed by atoms with Crippen LogP contribution in [0.5, 0.6) is 0 Å². The number of aromatic amines is 1. The van der Waals surface area contributed by atoms with Crippen LogP contribution in [0.25, 0.3) is 0 Å². The molecule has 0 aliphatic carbocycles. The van der Waals surface area contributed by atoms with Crippen molar-refractivity contribution in [2.45, 2.75) is 10.9 Å². The van der Waals surface area contributed by atoms with Crippen molar-refractivity contribution in [1.82, 2.24) is 14.9 Å². The Morgan fingerprint density at radius 2 is 1.86 bits per heavy atom. The summed E-state index contributed by atoms with van der Waals surface area (Å²) < 4.78 is 7.56. The smallest absolute Gasteiger partial charge is 0.217 e. The summed E-state index contributed by atoms with van der Waals surface area (Å²) in [6.07, 6.45) is 1.81. The van der Waals surface area contributed by atoms with E-state index in [1.54, 1.807) is 22.7 Å². The molecular formula is C20H21N5OS2. The number of nitrogens with zero attached hydrogens (tertiary/aromatic N) is 4. The Bertz CT molecular complexity index is 976. The van der Waals surface area contributed by atoms with E-state index in [2.05, 4.69) is 56.6 Å². The second-order valence-corrected chi connectivity index (χ2v) is 7.66. The van der Waals surface area contributed by atoms with E-state index in [0.29, 0.717) is 4.77 Å². The fourth-order valence-electron chi connectivity index (χ4n) is 2.91. The third-order valence-corrected chi connectivity index (χ3v) is 5.69. The number of benzene rings is 2. The minimum atomic E-state index is 0.483. The maximum absolute atomic E-state index is 5.41. The number of morpholine rings is 1. The highest BCUT2D eigenvalue weighted by Crippen LogP contribution is 2.21. The molecule has 2 heterocycles. The molecule has 1 N–H and O–H groups in total. The molecule has 1 fully saturated rings. The maximum Gasteiger partial charge on any atom is 0.217 e. The molecule has 8 heteroatoms. The van der Waals surface area contributed by atoms with Gasteiger partial charge in [-0.3, -0.25) is 0 Å². The van der Waals surface area contributed by atoms with Gasteiger partial charge in [-0.05, 0) is 35.5 Å². The Labute approximate surface area is 173 Å². The minimum absolute atomic E-state index is 0.483. The van der Waals surface area contributed by atoms with Crippen molar-refractivity contribution in [2.75, 3.05) is 31.2 Å². The van der Waals surface area contributed by atoms with E-state index in [4.69, 9.17) is 17.0 Å². The molecule has 0 bridgehead atoms. The van der Waals surface area contributed by atoms with Gasteiger partial charge in [-0.2, -0.15) is 9.78 Å². The second-order valence-electron chi connectivity index (χ2n) is 6.33. The van der Waals surface area contributed by atoms with E-state index in [9.17, 15) is 0 Å². The summed E-state index contributed by atoms with van der Waals surface area (Å²) in [5.74, 6) is 0.810. The number of nitrogens with one attached hydrogen (secondary N) is 1. The second kappa shape index (κ2) is 9.18. The van der Waals surface area contributed by atoms with E-state index >= 15 is 0 Å². The third kappa shape index (κ3) is 4.70.